The van der Waals surface area contributed by atoms with E-state index in [2.05, 4.69) is 170 Å². The summed E-state index contributed by atoms with van der Waals surface area (Å²) in [6, 6.07) is 67.1. The fourth-order valence-electron chi connectivity index (χ4n) is 9.59. The van der Waals surface area contributed by atoms with Gasteiger partial charge in [0, 0.05) is 51.1 Å². The maximum atomic E-state index is 6.22. The van der Waals surface area contributed by atoms with Crippen molar-refractivity contribution >= 4 is 117 Å². The summed E-state index contributed by atoms with van der Waals surface area (Å²) in [6.07, 6.45) is 0. The van der Waals surface area contributed by atoms with Crippen LogP contribution in [0.2, 0.25) is 0 Å². The largest absolute Gasteiger partial charge is 0.456 e. The molecule has 3 heteroatoms. The number of hydrogen-bond donors (Lipinski definition) is 0. The molecule has 57 heavy (non-hydrogen) atoms. The molecule has 0 aliphatic rings. The van der Waals surface area contributed by atoms with Crippen molar-refractivity contribution in [2.75, 3.05) is 0 Å². The van der Waals surface area contributed by atoms with Gasteiger partial charge in [-0.3, -0.25) is 0 Å². The molecular formula is C54H30OS2. The van der Waals surface area contributed by atoms with E-state index in [1.165, 1.54) is 106 Å². The summed E-state index contributed by atoms with van der Waals surface area (Å²) in [6.45, 7) is 0. The Morgan fingerprint density at radius 2 is 0.860 bits per heavy atom. The summed E-state index contributed by atoms with van der Waals surface area (Å²) < 4.78 is 11.6. The van der Waals surface area contributed by atoms with Gasteiger partial charge >= 0.3 is 0 Å². The van der Waals surface area contributed by atoms with Crippen molar-refractivity contribution in [1.29, 1.82) is 0 Å². The standard InChI is InChI=1S/C54H30OS2/c1-2-13-36-34(11-1)43(30-49-52(36)42-26-28-48-53(54(42)57-49)41-18-8-10-20-47(41)56-48)31-21-23-32(24-22-31)50-37-14-3-5-16-39(37)51(40-17-6-4-15-38(40)50)33-25-27-46-44(29-33)35-12-7-9-19-45(35)55-46/h1-30H. The minimum atomic E-state index is 0.915. The Bertz CT molecular complexity index is 3750. The van der Waals surface area contributed by atoms with Gasteiger partial charge in [0.05, 0.1) is 0 Å². The van der Waals surface area contributed by atoms with E-state index in [9.17, 15) is 0 Å². The van der Waals surface area contributed by atoms with Crippen molar-refractivity contribution in [2.24, 2.45) is 0 Å². The average molecular weight is 759 g/mol. The lowest BCUT2D eigenvalue weighted by Gasteiger charge is -2.18. The van der Waals surface area contributed by atoms with Gasteiger partial charge in [-0.05, 0) is 102 Å². The van der Waals surface area contributed by atoms with Crippen LogP contribution in [0.1, 0.15) is 0 Å². The van der Waals surface area contributed by atoms with Gasteiger partial charge in [-0.25, -0.2) is 0 Å². The molecule has 0 saturated heterocycles. The number of benzene rings is 10. The summed E-state index contributed by atoms with van der Waals surface area (Å²) in [5, 5.41) is 15.3. The number of thiophene rings is 2. The Hall–Kier alpha value is -6.78. The average Bonchev–Trinajstić information content (AvgIpc) is 3.96. The third kappa shape index (κ3) is 4.50. The van der Waals surface area contributed by atoms with Crippen LogP contribution in [0.4, 0.5) is 0 Å². The monoisotopic (exact) mass is 758 g/mol. The normalized spacial score (nSPS) is 12.2. The topological polar surface area (TPSA) is 13.1 Å². The van der Waals surface area contributed by atoms with Gasteiger partial charge in [0.15, 0.2) is 0 Å². The first kappa shape index (κ1) is 31.4. The van der Waals surface area contributed by atoms with Gasteiger partial charge < -0.3 is 4.42 Å². The molecule has 0 unspecified atom stereocenters. The van der Waals surface area contributed by atoms with Crippen LogP contribution < -0.4 is 0 Å². The zero-order valence-electron chi connectivity index (χ0n) is 30.5. The smallest absolute Gasteiger partial charge is 0.135 e. The van der Waals surface area contributed by atoms with Crippen molar-refractivity contribution < 1.29 is 4.42 Å². The molecule has 3 aromatic heterocycles. The van der Waals surface area contributed by atoms with Crippen LogP contribution in [-0.4, -0.2) is 0 Å². The highest BCUT2D eigenvalue weighted by atomic mass is 32.1. The molecule has 0 amide bonds. The molecule has 1 nitrogen and oxygen atoms in total. The maximum Gasteiger partial charge on any atom is 0.135 e. The number of rotatable bonds is 3. The fraction of sp³-hybridized carbons (Fsp3) is 0. The Labute approximate surface area is 335 Å². The van der Waals surface area contributed by atoms with E-state index in [0.717, 1.165) is 21.9 Å². The first-order valence-corrected chi connectivity index (χ1v) is 21.0. The van der Waals surface area contributed by atoms with Crippen LogP contribution in [0.25, 0.3) is 128 Å². The second-order valence-electron chi connectivity index (χ2n) is 15.1. The lowest BCUT2D eigenvalue weighted by molar-refractivity contribution is 0.669. The van der Waals surface area contributed by atoms with E-state index < -0.39 is 0 Å². The molecule has 0 fully saturated rings. The van der Waals surface area contributed by atoms with Gasteiger partial charge in [-0.2, -0.15) is 0 Å². The second kappa shape index (κ2) is 11.9. The van der Waals surface area contributed by atoms with Crippen LogP contribution >= 0.6 is 22.7 Å². The lowest BCUT2D eigenvalue weighted by atomic mass is 9.85. The summed E-state index contributed by atoms with van der Waals surface area (Å²) in [5.41, 5.74) is 9.27. The fourth-order valence-corrected chi connectivity index (χ4v) is 12.1. The van der Waals surface area contributed by atoms with Gasteiger partial charge in [0.1, 0.15) is 11.2 Å². The molecule has 13 aromatic rings. The van der Waals surface area contributed by atoms with E-state index in [-0.39, 0.29) is 0 Å². The molecular weight excluding hydrogens is 729 g/mol. The SMILES string of the molecule is c1ccc2c(c1)oc1ccc(-c3c4ccccc4c(-c4ccc(-c5cc6sc7c(ccc8sc9ccccc9c87)c6c6ccccc56)cc4)c4ccccc34)cc12. The molecule has 10 aromatic carbocycles. The molecule has 0 spiro atoms. The van der Waals surface area contributed by atoms with Crippen molar-refractivity contribution in [3.8, 4) is 33.4 Å². The number of hydrogen-bond acceptors (Lipinski definition) is 3. The molecule has 0 aliphatic heterocycles. The minimum Gasteiger partial charge on any atom is -0.456 e. The van der Waals surface area contributed by atoms with Crippen LogP contribution in [-0.2, 0) is 0 Å². The van der Waals surface area contributed by atoms with E-state index in [1.54, 1.807) is 0 Å². The number of para-hydroxylation sites is 1. The predicted molar refractivity (Wildman–Crippen MR) is 248 cm³/mol. The highest BCUT2D eigenvalue weighted by molar-refractivity contribution is 7.30. The van der Waals surface area contributed by atoms with E-state index >= 15 is 0 Å². The molecule has 0 radical (unpaired) electrons. The highest BCUT2D eigenvalue weighted by Crippen LogP contribution is 2.49. The second-order valence-corrected chi connectivity index (χ2v) is 17.2. The van der Waals surface area contributed by atoms with Crippen molar-refractivity contribution in [3.05, 3.63) is 182 Å². The summed E-state index contributed by atoms with van der Waals surface area (Å²) >= 11 is 3.83. The molecule has 0 atom stereocenters. The van der Waals surface area contributed by atoms with E-state index in [1.807, 2.05) is 34.8 Å². The zero-order valence-corrected chi connectivity index (χ0v) is 32.2. The van der Waals surface area contributed by atoms with Gasteiger partial charge in [-0.15, -0.1) is 22.7 Å². The van der Waals surface area contributed by atoms with Crippen LogP contribution in [0, 0.1) is 0 Å². The summed E-state index contributed by atoms with van der Waals surface area (Å²) in [5.74, 6) is 0. The molecule has 0 bridgehead atoms. The third-order valence-corrected chi connectivity index (χ3v) is 14.4. The zero-order chi connectivity index (χ0) is 37.2. The van der Waals surface area contributed by atoms with Gasteiger partial charge in [-0.1, -0.05) is 146 Å². The molecule has 264 valence electrons. The third-order valence-electron chi connectivity index (χ3n) is 12.1. The Balaban J connectivity index is 0.998. The van der Waals surface area contributed by atoms with Gasteiger partial charge in [0.2, 0.25) is 0 Å². The van der Waals surface area contributed by atoms with Crippen LogP contribution in [0.15, 0.2) is 186 Å². The van der Waals surface area contributed by atoms with E-state index in [0.29, 0.717) is 0 Å². The molecule has 3 heterocycles. The summed E-state index contributed by atoms with van der Waals surface area (Å²) in [7, 11) is 0. The highest BCUT2D eigenvalue weighted by Gasteiger charge is 2.20. The quantitative estimate of drug-likeness (QED) is 0.164. The van der Waals surface area contributed by atoms with Gasteiger partial charge in [0.25, 0.3) is 0 Å². The lowest BCUT2D eigenvalue weighted by Crippen LogP contribution is -1.91. The van der Waals surface area contributed by atoms with Crippen molar-refractivity contribution in [2.45, 2.75) is 0 Å². The molecule has 0 saturated carbocycles. The summed E-state index contributed by atoms with van der Waals surface area (Å²) in [4.78, 5) is 0. The van der Waals surface area contributed by atoms with Crippen LogP contribution in [0.5, 0.6) is 0 Å². The maximum absolute atomic E-state index is 6.22. The Morgan fingerprint density at radius 1 is 0.298 bits per heavy atom. The Kier molecular flexibility index (Phi) is 6.54. The molecule has 13 rings (SSSR count). The predicted octanol–water partition coefficient (Wildman–Crippen LogP) is 16.8. The van der Waals surface area contributed by atoms with Crippen molar-refractivity contribution in [3.63, 3.8) is 0 Å². The molecule has 0 aliphatic carbocycles. The number of fused-ring (bicyclic) bond motifs is 14. The van der Waals surface area contributed by atoms with E-state index in [4.69, 9.17) is 4.42 Å². The van der Waals surface area contributed by atoms with Crippen LogP contribution in [0.3, 0.4) is 0 Å². The first-order valence-electron chi connectivity index (χ1n) is 19.4. The first-order chi connectivity index (χ1) is 28.3. The number of furan rings is 1. The Morgan fingerprint density at radius 3 is 1.60 bits per heavy atom. The minimum absolute atomic E-state index is 0.915. The molecule has 0 N–H and O–H groups in total. The van der Waals surface area contributed by atoms with Crippen molar-refractivity contribution in [1.82, 2.24) is 0 Å².